The van der Waals surface area contributed by atoms with E-state index in [1.54, 1.807) is 0 Å². The van der Waals surface area contributed by atoms with Gasteiger partial charge in [-0.1, -0.05) is 177 Å². The minimum absolute atomic E-state index is 0. The van der Waals surface area contributed by atoms with Gasteiger partial charge in [0.15, 0.2) is 0 Å². The van der Waals surface area contributed by atoms with Crippen molar-refractivity contribution in [2.75, 3.05) is 0 Å². The van der Waals surface area contributed by atoms with E-state index in [4.69, 9.17) is 0 Å². The summed E-state index contributed by atoms with van der Waals surface area (Å²) in [6.45, 7) is 48.5. The Bertz CT molecular complexity index is 1130. The summed E-state index contributed by atoms with van der Waals surface area (Å²) in [4.78, 5) is 0. The fourth-order valence-electron chi connectivity index (χ4n) is 4.37. The molecule has 0 saturated heterocycles. The quantitative estimate of drug-likeness (QED) is 0.213. The number of halogens is 1. The van der Waals surface area contributed by atoms with Gasteiger partial charge in [0.1, 0.15) is 0 Å². The summed E-state index contributed by atoms with van der Waals surface area (Å²) in [5.74, 6) is 0. The Balaban J connectivity index is 0. The smallest absolute Gasteiger partial charge is 0.0838 e. The van der Waals surface area contributed by atoms with Gasteiger partial charge in [0.05, 0.1) is 8.07 Å². The number of hydrogen-bond acceptors (Lipinski definition) is 0. The Morgan fingerprint density at radius 1 is 0.500 bits per heavy atom. The van der Waals surface area contributed by atoms with E-state index in [2.05, 4.69) is 180 Å². The van der Waals surface area contributed by atoms with E-state index in [9.17, 15) is 0 Å². The molecule has 0 aliphatic rings. The van der Waals surface area contributed by atoms with E-state index < -0.39 is 8.07 Å². The van der Waals surface area contributed by atoms with Crippen LogP contribution < -0.4 is 10.0 Å². The fraction of sp³-hybridized carbons (Fsp3) is 0.675. The summed E-state index contributed by atoms with van der Waals surface area (Å²) in [5, 5.41) is 1.49. The molecule has 2 aromatic carbocycles. The van der Waals surface area contributed by atoms with Crippen LogP contribution in [-0.2, 0) is 32.5 Å². The second-order valence-corrected chi connectivity index (χ2v) is 25.7. The van der Waals surface area contributed by atoms with Gasteiger partial charge in [0, 0.05) is 29.7 Å². The summed E-state index contributed by atoms with van der Waals surface area (Å²) in [7, 11) is -0.0379. The van der Waals surface area contributed by atoms with Crippen molar-refractivity contribution in [1.29, 1.82) is 0 Å². The van der Waals surface area contributed by atoms with Gasteiger partial charge in [-0.05, 0) is 77.4 Å². The molecule has 0 aliphatic carbocycles. The molecule has 44 heavy (non-hydrogen) atoms. The monoisotopic (exact) mass is 746 g/mol. The van der Waals surface area contributed by atoms with Gasteiger partial charge < -0.3 is 4.70 Å². The van der Waals surface area contributed by atoms with Crippen molar-refractivity contribution in [1.82, 2.24) is 0 Å². The summed E-state index contributed by atoms with van der Waals surface area (Å²) >= 11 is 0. The first kappa shape index (κ1) is 45.7. The molecule has 0 fully saturated rings. The van der Waals surface area contributed by atoms with Crippen LogP contribution in [0.4, 0.5) is 0 Å². The van der Waals surface area contributed by atoms with Gasteiger partial charge >= 0.3 is 0 Å². The van der Waals surface area contributed by atoms with Crippen LogP contribution in [0.3, 0.4) is 0 Å². The van der Waals surface area contributed by atoms with Gasteiger partial charge in [-0.25, -0.2) is 0 Å². The average molecular weight is 748 g/mol. The molecule has 0 bridgehead atoms. The molecule has 2 rings (SSSR count). The molecule has 0 unspecified atom stereocenters. The van der Waals surface area contributed by atoms with Crippen molar-refractivity contribution in [3.05, 3.63) is 63.7 Å². The van der Waals surface area contributed by atoms with Crippen LogP contribution in [0.1, 0.15) is 158 Å². The maximum atomic E-state index is 3.83. The SMILES string of the molecule is CC(C)(C)c1[c]c(C(C)(C)C)cc(C(C)(C)C)c1.CC(C)(C)c1cc(C(C)(C)C)c(P=[C][Si](C)(C)C)c(C(C)(C)C)c1.[F-].[Sb]. The van der Waals surface area contributed by atoms with E-state index in [1.165, 1.54) is 46.9 Å². The summed E-state index contributed by atoms with van der Waals surface area (Å²) < 4.78 is 0. The standard InChI is InChI=1S/C22H38PSi.C18H29.FH.Sb/c1-20(2,3)16-13-17(21(4,5)6)19(23-15-24(10,11)12)18(14-16)22(7,8)9;1-16(2,3)13-10-14(17(4,5)6)12-15(11-13)18(7,8)9;;/h13-14H,1-12H3;10-11H,1-9H3;1H;/p-1. The maximum absolute atomic E-state index is 3.83. The normalized spacial score (nSPS) is 13.6. The zero-order chi connectivity index (χ0) is 33.5. The molecule has 0 amide bonds. The first-order valence-corrected chi connectivity index (χ1v) is 20.4. The molecule has 0 spiro atoms. The van der Waals surface area contributed by atoms with Gasteiger partial charge in [-0.2, -0.15) is 0 Å². The Kier molecular flexibility index (Phi) is 15.8. The third kappa shape index (κ3) is 14.1. The zero-order valence-corrected chi connectivity index (χ0v) is 37.0. The Morgan fingerprint density at radius 3 is 1.02 bits per heavy atom. The maximum Gasteiger partial charge on any atom is 0.0838 e. The van der Waals surface area contributed by atoms with Crippen LogP contribution in [0.15, 0.2) is 24.3 Å². The molecule has 4 heteroatoms. The Morgan fingerprint density at radius 2 is 0.795 bits per heavy atom. The Hall–Kier alpha value is -0.425. The minimum atomic E-state index is -1.32. The fourth-order valence-corrected chi connectivity index (χ4v) is 7.20. The Labute approximate surface area is 295 Å². The van der Waals surface area contributed by atoms with Gasteiger partial charge in [0.25, 0.3) is 0 Å². The second kappa shape index (κ2) is 15.2. The van der Waals surface area contributed by atoms with Crippen LogP contribution in [0.25, 0.3) is 0 Å². The zero-order valence-electron chi connectivity index (χ0n) is 32.6. The first-order valence-electron chi connectivity index (χ1n) is 16.0. The van der Waals surface area contributed by atoms with Crippen molar-refractivity contribution in [3.8, 4) is 0 Å². The van der Waals surface area contributed by atoms with Crippen molar-refractivity contribution in [2.24, 2.45) is 0 Å². The molecule has 0 aliphatic heterocycles. The van der Waals surface area contributed by atoms with Crippen LogP contribution in [0, 0.1) is 6.07 Å². The van der Waals surface area contributed by atoms with E-state index in [0.29, 0.717) is 0 Å². The van der Waals surface area contributed by atoms with Gasteiger partial charge in [-0.3, -0.25) is 0 Å². The molecule has 0 N–H and O–H groups in total. The van der Waals surface area contributed by atoms with Crippen molar-refractivity contribution in [3.63, 3.8) is 0 Å². The molecule has 249 valence electrons. The molecule has 0 nitrogen and oxygen atoms in total. The molecule has 0 aromatic heterocycles. The second-order valence-electron chi connectivity index (χ2n) is 19.6. The van der Waals surface area contributed by atoms with Gasteiger partial charge in [0.2, 0.25) is 0 Å². The molecular weight excluding hydrogens is 680 g/mol. The largest absolute Gasteiger partial charge is 1.00 e. The third-order valence-corrected chi connectivity index (χ3v) is 11.3. The van der Waals surface area contributed by atoms with Gasteiger partial charge in [-0.15, -0.1) is 0 Å². The van der Waals surface area contributed by atoms with Crippen molar-refractivity contribution >= 4 is 51.4 Å². The molecule has 0 heterocycles. The van der Waals surface area contributed by atoms with Crippen molar-refractivity contribution < 1.29 is 4.70 Å². The number of rotatable bonds is 2. The summed E-state index contributed by atoms with van der Waals surface area (Å²) in [5.41, 5.74) is 13.3. The average Bonchev–Trinajstić information content (AvgIpc) is 2.73. The molecule has 5 radical (unpaired) electrons. The number of hydrogen-bond donors (Lipinski definition) is 0. The van der Waals surface area contributed by atoms with E-state index in [0.717, 1.165) is 0 Å². The minimum Gasteiger partial charge on any atom is -1.00 e. The molecule has 0 atom stereocenters. The van der Waals surface area contributed by atoms with Crippen molar-refractivity contribution in [2.45, 2.75) is 177 Å². The predicted octanol–water partition coefficient (Wildman–Crippen LogP) is 8.71. The predicted molar refractivity (Wildman–Crippen MR) is 205 cm³/mol. The van der Waals surface area contributed by atoms with Crippen LogP contribution in [0.2, 0.25) is 19.6 Å². The molecular formula is C40H67FPSbSi-. The van der Waals surface area contributed by atoms with Crippen LogP contribution in [-0.4, -0.2) is 37.9 Å². The topological polar surface area (TPSA) is 0 Å². The van der Waals surface area contributed by atoms with E-state index >= 15 is 0 Å². The summed E-state index contributed by atoms with van der Waals surface area (Å²) in [6.07, 6.45) is 0. The van der Waals surface area contributed by atoms with Crippen LogP contribution >= 0.6 is 8.20 Å². The number of benzene rings is 2. The molecule has 0 saturated carbocycles. The van der Waals surface area contributed by atoms with E-state index in [-0.39, 0.29) is 61.6 Å². The van der Waals surface area contributed by atoms with E-state index in [1.807, 2.05) is 0 Å². The first-order chi connectivity index (χ1) is 18.2. The third-order valence-electron chi connectivity index (χ3n) is 7.45. The summed E-state index contributed by atoms with van der Waals surface area (Å²) in [6, 6.07) is 13.2. The molecule has 2 aromatic rings. The van der Waals surface area contributed by atoms with Crippen LogP contribution in [0.5, 0.6) is 0 Å².